The van der Waals surface area contributed by atoms with Crippen molar-refractivity contribution in [3.8, 4) is 11.1 Å². The number of ether oxygens (including phenoxy) is 1. The van der Waals surface area contributed by atoms with Gasteiger partial charge in [0, 0.05) is 24.1 Å². The number of para-hydroxylation sites is 1. The normalized spacial score (nSPS) is 16.7. The number of carboxylic acid groups (broad SMARTS) is 1. The summed E-state index contributed by atoms with van der Waals surface area (Å²) in [7, 11) is 0. The number of alkyl carbamates (subject to hydrolysis) is 1. The molecule has 2 atom stereocenters. The highest BCUT2D eigenvalue weighted by molar-refractivity contribution is 6.00. The maximum atomic E-state index is 13.2. The first-order chi connectivity index (χ1) is 16.9. The van der Waals surface area contributed by atoms with E-state index in [2.05, 4.69) is 17.4 Å². The maximum Gasteiger partial charge on any atom is 0.407 e. The molecule has 3 aromatic carbocycles. The molecule has 3 aromatic rings. The molecule has 178 valence electrons. The van der Waals surface area contributed by atoms with Crippen LogP contribution in [0.2, 0.25) is 0 Å². The number of carbonyl (C=O) groups excluding carboxylic acids is 2. The van der Waals surface area contributed by atoms with Crippen LogP contribution >= 0.6 is 0 Å². The quantitative estimate of drug-likeness (QED) is 0.552. The molecule has 0 radical (unpaired) electrons. The fourth-order valence-corrected chi connectivity index (χ4v) is 5.20. The topological polar surface area (TPSA) is 95.9 Å². The highest BCUT2D eigenvalue weighted by atomic mass is 16.5. The second kappa shape index (κ2) is 9.25. The van der Waals surface area contributed by atoms with Crippen molar-refractivity contribution in [2.24, 2.45) is 0 Å². The van der Waals surface area contributed by atoms with Crippen molar-refractivity contribution in [2.45, 2.75) is 31.2 Å². The molecule has 0 spiro atoms. The number of nitrogens with zero attached hydrogens (tertiary/aromatic N) is 1. The van der Waals surface area contributed by atoms with Crippen molar-refractivity contribution in [3.63, 3.8) is 0 Å². The van der Waals surface area contributed by atoms with E-state index in [1.165, 1.54) is 0 Å². The van der Waals surface area contributed by atoms with Gasteiger partial charge in [0.05, 0.1) is 6.42 Å². The number of nitrogens with one attached hydrogen (secondary N) is 1. The highest BCUT2D eigenvalue weighted by Gasteiger charge is 2.36. The van der Waals surface area contributed by atoms with Crippen LogP contribution < -0.4 is 10.2 Å². The summed E-state index contributed by atoms with van der Waals surface area (Å²) < 4.78 is 5.57. The summed E-state index contributed by atoms with van der Waals surface area (Å²) in [5, 5.41) is 11.9. The molecule has 1 aliphatic carbocycles. The average Bonchev–Trinajstić information content (AvgIpc) is 3.38. The molecule has 0 fully saturated rings. The number of rotatable bonds is 6. The van der Waals surface area contributed by atoms with E-state index < -0.39 is 18.1 Å². The Morgan fingerprint density at radius 3 is 2.14 bits per heavy atom. The van der Waals surface area contributed by atoms with E-state index in [1.54, 1.807) is 17.9 Å². The van der Waals surface area contributed by atoms with Crippen molar-refractivity contribution in [1.82, 2.24) is 5.32 Å². The summed E-state index contributed by atoms with van der Waals surface area (Å²) in [6.45, 7) is 2.03. The van der Waals surface area contributed by atoms with Crippen LogP contribution in [0, 0.1) is 0 Å². The molecule has 0 saturated carbocycles. The molecule has 35 heavy (non-hydrogen) atoms. The molecular weight excluding hydrogens is 444 g/mol. The van der Waals surface area contributed by atoms with E-state index in [4.69, 9.17) is 4.74 Å². The monoisotopic (exact) mass is 470 g/mol. The second-order valence-electron chi connectivity index (χ2n) is 8.99. The molecular formula is C28H26N2O5. The van der Waals surface area contributed by atoms with Crippen molar-refractivity contribution < 1.29 is 24.2 Å². The third-order valence-corrected chi connectivity index (χ3v) is 6.81. The zero-order valence-electron chi connectivity index (χ0n) is 19.3. The van der Waals surface area contributed by atoms with Crippen LogP contribution in [0.5, 0.6) is 0 Å². The van der Waals surface area contributed by atoms with Crippen LogP contribution in [0.4, 0.5) is 10.5 Å². The highest BCUT2D eigenvalue weighted by Crippen LogP contribution is 2.44. The Hall–Kier alpha value is -4.13. The van der Waals surface area contributed by atoms with Crippen LogP contribution in [-0.2, 0) is 14.3 Å². The third kappa shape index (κ3) is 4.25. The van der Waals surface area contributed by atoms with Gasteiger partial charge in [-0.2, -0.15) is 0 Å². The third-order valence-electron chi connectivity index (χ3n) is 6.81. The Morgan fingerprint density at radius 2 is 1.51 bits per heavy atom. The lowest BCUT2D eigenvalue weighted by molar-refractivity contribution is -0.137. The summed E-state index contributed by atoms with van der Waals surface area (Å²) >= 11 is 0. The first-order valence-electron chi connectivity index (χ1n) is 11.7. The molecule has 2 amide bonds. The van der Waals surface area contributed by atoms with Crippen LogP contribution in [0.3, 0.4) is 0 Å². The van der Waals surface area contributed by atoms with Crippen molar-refractivity contribution in [3.05, 3.63) is 89.5 Å². The largest absolute Gasteiger partial charge is 0.481 e. The molecule has 0 bridgehead atoms. The minimum absolute atomic E-state index is 0.0605. The number of carboxylic acids is 1. The number of hydrogen-bond acceptors (Lipinski definition) is 4. The van der Waals surface area contributed by atoms with Gasteiger partial charge in [0.2, 0.25) is 5.91 Å². The van der Waals surface area contributed by atoms with E-state index in [0.717, 1.165) is 27.8 Å². The number of fused-ring (bicyclic) bond motifs is 4. The van der Waals surface area contributed by atoms with Gasteiger partial charge >= 0.3 is 12.1 Å². The number of carbonyl (C=O) groups is 3. The zero-order valence-corrected chi connectivity index (χ0v) is 19.3. The van der Waals surface area contributed by atoms with Crippen molar-refractivity contribution in [2.75, 3.05) is 18.1 Å². The van der Waals surface area contributed by atoms with Gasteiger partial charge in [-0.25, -0.2) is 4.79 Å². The van der Waals surface area contributed by atoms with E-state index in [-0.39, 0.29) is 37.3 Å². The van der Waals surface area contributed by atoms with Gasteiger partial charge < -0.3 is 20.1 Å². The fraction of sp³-hybridized carbons (Fsp3) is 0.250. The SMILES string of the molecule is C[C@@H](NC(=O)OCC1c2ccccc2-c2ccccc21)C(=O)N1CC(CC(=O)O)c2ccccc21. The molecule has 1 heterocycles. The van der Waals surface area contributed by atoms with Gasteiger partial charge in [-0.05, 0) is 40.8 Å². The number of benzene rings is 3. The minimum atomic E-state index is -0.913. The fourth-order valence-electron chi connectivity index (χ4n) is 5.20. The zero-order chi connectivity index (χ0) is 24.5. The van der Waals surface area contributed by atoms with Gasteiger partial charge in [-0.1, -0.05) is 66.7 Å². The van der Waals surface area contributed by atoms with Crippen LogP contribution in [0.25, 0.3) is 11.1 Å². The lowest BCUT2D eigenvalue weighted by Crippen LogP contribution is -2.47. The number of hydrogen-bond donors (Lipinski definition) is 2. The van der Waals surface area contributed by atoms with Gasteiger partial charge in [0.25, 0.3) is 0 Å². The molecule has 0 saturated heterocycles. The molecule has 0 aromatic heterocycles. The van der Waals surface area contributed by atoms with Crippen LogP contribution in [0.15, 0.2) is 72.8 Å². The molecule has 7 nitrogen and oxygen atoms in total. The minimum Gasteiger partial charge on any atom is -0.481 e. The Morgan fingerprint density at radius 1 is 0.943 bits per heavy atom. The van der Waals surface area contributed by atoms with E-state index in [9.17, 15) is 19.5 Å². The predicted octanol–water partition coefficient (Wildman–Crippen LogP) is 4.52. The Labute approximate surface area is 203 Å². The van der Waals surface area contributed by atoms with Gasteiger partial charge in [0.1, 0.15) is 12.6 Å². The molecule has 5 rings (SSSR count). The summed E-state index contributed by atoms with van der Waals surface area (Å²) in [6, 6.07) is 22.6. The lowest BCUT2D eigenvalue weighted by Gasteiger charge is -2.23. The summed E-state index contributed by atoms with van der Waals surface area (Å²) in [4.78, 5) is 38.6. The Kier molecular flexibility index (Phi) is 5.99. The van der Waals surface area contributed by atoms with Crippen LogP contribution in [-0.4, -0.2) is 42.3 Å². The van der Waals surface area contributed by atoms with Gasteiger partial charge in [0.15, 0.2) is 0 Å². The maximum absolute atomic E-state index is 13.2. The molecule has 1 unspecified atom stereocenters. The smallest absolute Gasteiger partial charge is 0.407 e. The number of aliphatic carboxylic acids is 1. The standard InChI is InChI=1S/C28H26N2O5/c1-17(27(33)30-15-18(14-26(31)32)19-8-6-7-13-25(19)30)29-28(34)35-16-24-22-11-4-2-9-20(22)21-10-3-5-12-23(21)24/h2-13,17-18,24H,14-16H2,1H3,(H,29,34)(H,31,32)/t17-,18?/m1/s1. The first-order valence-corrected chi connectivity index (χ1v) is 11.7. The van der Waals surface area contributed by atoms with E-state index in [0.29, 0.717) is 5.69 Å². The van der Waals surface area contributed by atoms with Crippen molar-refractivity contribution >= 4 is 23.7 Å². The molecule has 7 heteroatoms. The summed E-state index contributed by atoms with van der Waals surface area (Å²) in [5.41, 5.74) is 6.03. The average molecular weight is 471 g/mol. The lowest BCUT2D eigenvalue weighted by atomic mass is 9.98. The second-order valence-corrected chi connectivity index (χ2v) is 8.99. The molecule has 2 N–H and O–H groups in total. The van der Waals surface area contributed by atoms with Crippen LogP contribution in [0.1, 0.15) is 41.9 Å². The Bertz CT molecular complexity index is 1260. The molecule has 2 aliphatic rings. The number of amides is 2. The van der Waals surface area contributed by atoms with Gasteiger partial charge in [-0.15, -0.1) is 0 Å². The van der Waals surface area contributed by atoms with Gasteiger partial charge in [-0.3, -0.25) is 9.59 Å². The van der Waals surface area contributed by atoms with E-state index in [1.807, 2.05) is 54.6 Å². The van der Waals surface area contributed by atoms with Crippen molar-refractivity contribution in [1.29, 1.82) is 0 Å². The number of anilines is 1. The summed E-state index contributed by atoms with van der Waals surface area (Å²) in [5.74, 6) is -1.57. The Balaban J connectivity index is 1.24. The summed E-state index contributed by atoms with van der Waals surface area (Å²) in [6.07, 6.45) is -0.725. The predicted molar refractivity (Wildman–Crippen MR) is 131 cm³/mol. The van der Waals surface area contributed by atoms with E-state index >= 15 is 0 Å². The first kappa shape index (κ1) is 22.7. The molecule has 1 aliphatic heterocycles.